The number of carbonyl (C=O) groups excluding carboxylic acids is 2. The number of nitrogens with one attached hydrogen (secondary N) is 1. The molecular weight excluding hydrogens is 521 g/mol. The maximum atomic E-state index is 13.3. The van der Waals surface area contributed by atoms with Gasteiger partial charge < -0.3 is 10.2 Å². The Bertz CT molecular complexity index is 1180. The Hall–Kier alpha value is -2.29. The normalized spacial score (nSPS) is 12.7. The van der Waals surface area contributed by atoms with E-state index in [0.717, 1.165) is 21.7 Å². The van der Waals surface area contributed by atoms with Gasteiger partial charge in [0.25, 0.3) is 0 Å². The van der Waals surface area contributed by atoms with Crippen LogP contribution in [-0.2, 0) is 26.2 Å². The van der Waals surface area contributed by atoms with Crippen LogP contribution in [0.5, 0.6) is 0 Å². The van der Waals surface area contributed by atoms with E-state index in [-0.39, 0.29) is 48.5 Å². The van der Waals surface area contributed by atoms with Crippen LogP contribution in [0.2, 0.25) is 10.0 Å². The molecule has 2 aromatic rings. The highest BCUT2D eigenvalue weighted by atomic mass is 35.5. The summed E-state index contributed by atoms with van der Waals surface area (Å²) in [4.78, 5) is 27.8. The van der Waals surface area contributed by atoms with E-state index in [9.17, 15) is 18.0 Å². The Morgan fingerprint density at radius 2 is 1.67 bits per heavy atom. The molecule has 10 heteroatoms. The minimum Gasteiger partial charge on any atom is -0.350 e. The molecule has 0 fully saturated rings. The molecule has 36 heavy (non-hydrogen) atoms. The van der Waals surface area contributed by atoms with Crippen LogP contribution in [0.4, 0.5) is 5.69 Å². The van der Waals surface area contributed by atoms with Crippen LogP contribution < -0.4 is 9.62 Å². The van der Waals surface area contributed by atoms with E-state index < -0.39 is 21.6 Å². The number of benzene rings is 2. The van der Waals surface area contributed by atoms with Gasteiger partial charge in [0.15, 0.2) is 0 Å². The molecule has 1 atom stereocenters. The first-order chi connectivity index (χ1) is 16.6. The van der Waals surface area contributed by atoms with E-state index in [1.807, 2.05) is 52.0 Å². The lowest BCUT2D eigenvalue weighted by Gasteiger charge is -2.32. The van der Waals surface area contributed by atoms with Crippen molar-refractivity contribution >= 4 is 50.7 Å². The van der Waals surface area contributed by atoms with E-state index in [1.165, 1.54) is 17.0 Å². The minimum atomic E-state index is -3.68. The molecule has 0 aliphatic heterocycles. The first-order valence-electron chi connectivity index (χ1n) is 11.7. The van der Waals surface area contributed by atoms with Crippen molar-refractivity contribution in [2.45, 2.75) is 65.6 Å². The van der Waals surface area contributed by atoms with Crippen LogP contribution in [0.3, 0.4) is 0 Å². The molecule has 0 aliphatic carbocycles. The molecule has 7 nitrogen and oxygen atoms in total. The molecule has 2 rings (SSSR count). The number of aryl methyl sites for hydroxylation is 1. The summed E-state index contributed by atoms with van der Waals surface area (Å²) in [6.07, 6.45) is 1.35. The van der Waals surface area contributed by atoms with E-state index >= 15 is 0 Å². The standard InChI is InChI=1S/C26H35Cl2N3O4S/c1-18-9-11-20(12-10-18)17-30(19(2)25(33)29-26(3,4)5)24(32)8-7-15-31(36(6,34)35)23-16-21(27)13-14-22(23)28/h9-14,16,19H,7-8,15,17H2,1-6H3,(H,29,33)/t19-/m1/s1. The third-order valence-corrected chi connectivity index (χ3v) is 7.20. The van der Waals surface area contributed by atoms with Crippen LogP contribution in [0.25, 0.3) is 0 Å². The van der Waals surface area contributed by atoms with Gasteiger partial charge in [-0.15, -0.1) is 0 Å². The van der Waals surface area contributed by atoms with Gasteiger partial charge in [-0.05, 0) is 64.8 Å². The van der Waals surface area contributed by atoms with Crippen LogP contribution in [0.15, 0.2) is 42.5 Å². The zero-order chi connectivity index (χ0) is 27.3. The predicted octanol–water partition coefficient (Wildman–Crippen LogP) is 5.18. The number of amides is 2. The Labute approximate surface area is 224 Å². The summed E-state index contributed by atoms with van der Waals surface area (Å²) < 4.78 is 26.1. The molecule has 0 unspecified atom stereocenters. The minimum absolute atomic E-state index is 0.0333. The molecular formula is C26H35Cl2N3O4S. The molecule has 198 valence electrons. The molecule has 0 spiro atoms. The fourth-order valence-corrected chi connectivity index (χ4v) is 5.01. The topological polar surface area (TPSA) is 86.8 Å². The number of anilines is 1. The number of rotatable bonds is 10. The van der Waals surface area contributed by atoms with Gasteiger partial charge in [0, 0.05) is 30.1 Å². The summed E-state index contributed by atoms with van der Waals surface area (Å²) in [5.41, 5.74) is 1.80. The van der Waals surface area contributed by atoms with E-state index in [1.54, 1.807) is 13.0 Å². The first-order valence-corrected chi connectivity index (χ1v) is 14.3. The number of sulfonamides is 1. The molecule has 0 bridgehead atoms. The lowest BCUT2D eigenvalue weighted by Crippen LogP contribution is -2.52. The van der Waals surface area contributed by atoms with Crippen molar-refractivity contribution in [3.63, 3.8) is 0 Å². The Morgan fingerprint density at radius 1 is 1.06 bits per heavy atom. The summed E-state index contributed by atoms with van der Waals surface area (Å²) in [6.45, 7) is 9.60. The van der Waals surface area contributed by atoms with E-state index in [2.05, 4.69) is 5.32 Å². The van der Waals surface area contributed by atoms with Crippen molar-refractivity contribution in [2.24, 2.45) is 0 Å². The van der Waals surface area contributed by atoms with Crippen LogP contribution in [0.1, 0.15) is 51.7 Å². The van der Waals surface area contributed by atoms with E-state index in [0.29, 0.717) is 5.02 Å². The summed E-state index contributed by atoms with van der Waals surface area (Å²) >= 11 is 12.3. The van der Waals surface area contributed by atoms with Crippen molar-refractivity contribution in [3.8, 4) is 0 Å². The molecule has 0 aromatic heterocycles. The molecule has 1 N–H and O–H groups in total. The number of hydrogen-bond acceptors (Lipinski definition) is 4. The highest BCUT2D eigenvalue weighted by molar-refractivity contribution is 7.92. The van der Waals surface area contributed by atoms with Gasteiger partial charge in [-0.1, -0.05) is 53.0 Å². The zero-order valence-corrected chi connectivity index (χ0v) is 24.0. The van der Waals surface area contributed by atoms with Crippen molar-refractivity contribution in [3.05, 3.63) is 63.6 Å². The fraction of sp³-hybridized carbons (Fsp3) is 0.462. The van der Waals surface area contributed by atoms with E-state index in [4.69, 9.17) is 23.2 Å². The van der Waals surface area contributed by atoms with Crippen LogP contribution in [0, 0.1) is 6.92 Å². The van der Waals surface area contributed by atoms with Gasteiger partial charge in [-0.3, -0.25) is 13.9 Å². The summed E-state index contributed by atoms with van der Waals surface area (Å²) in [5, 5.41) is 3.52. The lowest BCUT2D eigenvalue weighted by atomic mass is 10.1. The monoisotopic (exact) mass is 555 g/mol. The second-order valence-electron chi connectivity index (χ2n) is 9.96. The number of hydrogen-bond donors (Lipinski definition) is 1. The third-order valence-electron chi connectivity index (χ3n) is 5.47. The van der Waals surface area contributed by atoms with Crippen molar-refractivity contribution in [2.75, 3.05) is 17.1 Å². The second-order valence-corrected chi connectivity index (χ2v) is 12.7. The molecule has 0 saturated heterocycles. The quantitative estimate of drug-likeness (QED) is 0.437. The number of nitrogens with zero attached hydrogens (tertiary/aromatic N) is 2. The predicted molar refractivity (Wildman–Crippen MR) is 147 cm³/mol. The molecule has 0 aliphatic rings. The smallest absolute Gasteiger partial charge is 0.242 e. The van der Waals surface area contributed by atoms with Gasteiger partial charge in [-0.25, -0.2) is 8.42 Å². The number of carbonyl (C=O) groups is 2. The molecule has 0 radical (unpaired) electrons. The second kappa shape index (κ2) is 12.3. The zero-order valence-electron chi connectivity index (χ0n) is 21.6. The largest absolute Gasteiger partial charge is 0.350 e. The molecule has 2 amide bonds. The van der Waals surface area contributed by atoms with Crippen LogP contribution >= 0.6 is 23.2 Å². The Morgan fingerprint density at radius 3 is 2.22 bits per heavy atom. The SMILES string of the molecule is Cc1ccc(CN(C(=O)CCCN(c2cc(Cl)ccc2Cl)S(C)(=O)=O)[C@H](C)C(=O)NC(C)(C)C)cc1. The average molecular weight is 557 g/mol. The molecule has 0 saturated carbocycles. The summed E-state index contributed by atoms with van der Waals surface area (Å²) in [7, 11) is -3.68. The highest BCUT2D eigenvalue weighted by Crippen LogP contribution is 2.31. The Kier molecular flexibility index (Phi) is 10.2. The molecule has 0 heterocycles. The maximum absolute atomic E-state index is 13.3. The van der Waals surface area contributed by atoms with Gasteiger partial charge in [0.05, 0.1) is 17.0 Å². The van der Waals surface area contributed by atoms with Gasteiger partial charge in [0.1, 0.15) is 6.04 Å². The van der Waals surface area contributed by atoms with Crippen molar-refractivity contribution < 1.29 is 18.0 Å². The molecule has 2 aromatic carbocycles. The van der Waals surface area contributed by atoms with Crippen molar-refractivity contribution in [1.82, 2.24) is 10.2 Å². The number of halogens is 2. The van der Waals surface area contributed by atoms with Gasteiger partial charge in [0.2, 0.25) is 21.8 Å². The third kappa shape index (κ3) is 8.98. The maximum Gasteiger partial charge on any atom is 0.242 e. The van der Waals surface area contributed by atoms with Crippen LogP contribution in [-0.4, -0.2) is 49.5 Å². The highest BCUT2D eigenvalue weighted by Gasteiger charge is 2.29. The van der Waals surface area contributed by atoms with Gasteiger partial charge >= 0.3 is 0 Å². The lowest BCUT2D eigenvalue weighted by molar-refractivity contribution is -0.141. The average Bonchev–Trinajstić information content (AvgIpc) is 2.75. The fourth-order valence-electron chi connectivity index (χ4n) is 3.61. The summed E-state index contributed by atoms with van der Waals surface area (Å²) in [5.74, 6) is -0.510. The van der Waals surface area contributed by atoms with Gasteiger partial charge in [-0.2, -0.15) is 0 Å². The van der Waals surface area contributed by atoms with Crippen molar-refractivity contribution in [1.29, 1.82) is 0 Å². The first kappa shape index (κ1) is 29.9. The summed E-state index contributed by atoms with van der Waals surface area (Å²) in [6, 6.07) is 11.6. The Balaban J connectivity index is 2.22.